The van der Waals surface area contributed by atoms with Gasteiger partial charge in [-0.15, -0.1) is 0 Å². The molecule has 3 nitrogen and oxygen atoms in total. The van der Waals surface area contributed by atoms with E-state index in [4.69, 9.17) is 9.84 Å². The quantitative estimate of drug-likeness (QED) is 0.730. The first-order chi connectivity index (χ1) is 8.44. The van der Waals surface area contributed by atoms with E-state index in [1.54, 1.807) is 6.92 Å². The Morgan fingerprint density at radius 3 is 2.50 bits per heavy atom. The van der Waals surface area contributed by atoms with Crippen molar-refractivity contribution in [2.24, 2.45) is 0 Å². The highest BCUT2D eigenvalue weighted by Crippen LogP contribution is 2.20. The van der Waals surface area contributed by atoms with Gasteiger partial charge in [0.15, 0.2) is 0 Å². The normalized spacial score (nSPS) is 16.0. The van der Waals surface area contributed by atoms with Crippen molar-refractivity contribution in [3.63, 3.8) is 0 Å². The second-order valence-electron chi connectivity index (χ2n) is 4.99. The van der Waals surface area contributed by atoms with Crippen LogP contribution in [-0.4, -0.2) is 28.5 Å². The molecule has 0 aromatic heterocycles. The Hall–Kier alpha value is -1.16. The summed E-state index contributed by atoms with van der Waals surface area (Å²) in [6.45, 7) is 7.51. The Morgan fingerprint density at radius 1 is 1.39 bits per heavy atom. The molecule has 0 aliphatic heterocycles. The molecule has 0 saturated heterocycles. The highest BCUT2D eigenvalue weighted by Gasteiger charge is 2.25. The van der Waals surface area contributed by atoms with Gasteiger partial charge in [0.05, 0.1) is 24.9 Å². The van der Waals surface area contributed by atoms with Gasteiger partial charge in [-0.05, 0) is 19.4 Å². The van der Waals surface area contributed by atoms with Crippen molar-refractivity contribution in [3.05, 3.63) is 48.0 Å². The van der Waals surface area contributed by atoms with Gasteiger partial charge in [0, 0.05) is 6.42 Å². The Bertz CT molecular complexity index is 371. The molecule has 0 aliphatic carbocycles. The number of benzene rings is 1. The second-order valence-corrected chi connectivity index (χ2v) is 4.99. The van der Waals surface area contributed by atoms with E-state index in [9.17, 15) is 5.11 Å². The fourth-order valence-electron chi connectivity index (χ4n) is 1.61. The van der Waals surface area contributed by atoms with Crippen LogP contribution in [0.25, 0.3) is 0 Å². The van der Waals surface area contributed by atoms with E-state index in [0.717, 1.165) is 11.1 Å². The molecule has 0 amide bonds. The Morgan fingerprint density at radius 2 is 2.00 bits per heavy atom. The maximum Gasteiger partial charge on any atom is 0.0877 e. The molecule has 0 fully saturated rings. The summed E-state index contributed by atoms with van der Waals surface area (Å²) in [5, 5.41) is 18.9. The average Bonchev–Trinajstić information content (AvgIpc) is 2.35. The van der Waals surface area contributed by atoms with Gasteiger partial charge < -0.3 is 14.9 Å². The first-order valence-corrected chi connectivity index (χ1v) is 6.09. The number of ether oxygens (including phenoxy) is 1. The minimum absolute atomic E-state index is 0.257. The summed E-state index contributed by atoms with van der Waals surface area (Å²) in [5.74, 6) is 0. The Labute approximate surface area is 109 Å². The van der Waals surface area contributed by atoms with Gasteiger partial charge in [0.25, 0.3) is 0 Å². The van der Waals surface area contributed by atoms with E-state index in [1.807, 2.05) is 37.3 Å². The van der Waals surface area contributed by atoms with Crippen molar-refractivity contribution in [1.82, 2.24) is 0 Å². The molecule has 1 aromatic carbocycles. The molecule has 100 valence electrons. The van der Waals surface area contributed by atoms with E-state index in [-0.39, 0.29) is 12.7 Å². The highest BCUT2D eigenvalue weighted by molar-refractivity contribution is 5.13. The standard InChI is InChI=1S/C15H22O3/c1-12(2)14(9-15(3,17)11-16)18-10-13-7-5-4-6-8-13/h4-8,14,16-17H,1,9-11H2,2-3H3/t14-,15+/m1/s1. The van der Waals surface area contributed by atoms with Crippen LogP contribution in [0.5, 0.6) is 0 Å². The lowest BCUT2D eigenvalue weighted by molar-refractivity contribution is -0.0501. The third kappa shape index (κ3) is 5.00. The smallest absolute Gasteiger partial charge is 0.0877 e. The molecule has 0 saturated carbocycles. The van der Waals surface area contributed by atoms with Crippen molar-refractivity contribution >= 4 is 0 Å². The molecule has 2 N–H and O–H groups in total. The number of hydrogen-bond acceptors (Lipinski definition) is 3. The summed E-state index contributed by atoms with van der Waals surface area (Å²) in [4.78, 5) is 0. The summed E-state index contributed by atoms with van der Waals surface area (Å²) in [6.07, 6.45) is 0.0819. The van der Waals surface area contributed by atoms with Gasteiger partial charge in [-0.3, -0.25) is 0 Å². The van der Waals surface area contributed by atoms with E-state index >= 15 is 0 Å². The van der Waals surface area contributed by atoms with Gasteiger partial charge in [-0.2, -0.15) is 0 Å². The van der Waals surface area contributed by atoms with Crippen LogP contribution in [0.4, 0.5) is 0 Å². The van der Waals surface area contributed by atoms with Gasteiger partial charge in [0.2, 0.25) is 0 Å². The van der Waals surface area contributed by atoms with E-state index in [0.29, 0.717) is 13.0 Å². The molecule has 0 heterocycles. The molecule has 2 atom stereocenters. The van der Waals surface area contributed by atoms with Crippen molar-refractivity contribution in [2.75, 3.05) is 6.61 Å². The lowest BCUT2D eigenvalue weighted by Gasteiger charge is -2.27. The molecule has 1 aromatic rings. The van der Waals surface area contributed by atoms with Crippen molar-refractivity contribution in [2.45, 2.75) is 38.6 Å². The zero-order valence-electron chi connectivity index (χ0n) is 11.1. The molecule has 0 spiro atoms. The van der Waals surface area contributed by atoms with Crippen LogP contribution in [0.3, 0.4) is 0 Å². The maximum absolute atomic E-state index is 9.87. The molecule has 0 bridgehead atoms. The third-order valence-corrected chi connectivity index (χ3v) is 2.81. The highest BCUT2D eigenvalue weighted by atomic mass is 16.5. The van der Waals surface area contributed by atoms with Crippen molar-refractivity contribution < 1.29 is 14.9 Å². The van der Waals surface area contributed by atoms with Gasteiger partial charge in [0.1, 0.15) is 0 Å². The maximum atomic E-state index is 9.87. The van der Waals surface area contributed by atoms with E-state index < -0.39 is 5.60 Å². The number of aliphatic hydroxyl groups is 2. The molecule has 3 heteroatoms. The monoisotopic (exact) mass is 250 g/mol. The molecular weight excluding hydrogens is 228 g/mol. The van der Waals surface area contributed by atoms with Gasteiger partial charge in [-0.1, -0.05) is 42.5 Å². The van der Waals surface area contributed by atoms with Gasteiger partial charge >= 0.3 is 0 Å². The van der Waals surface area contributed by atoms with Crippen LogP contribution in [0.15, 0.2) is 42.5 Å². The summed E-state index contributed by atoms with van der Waals surface area (Å²) in [7, 11) is 0. The molecule has 0 radical (unpaired) electrons. The Kier molecular flexibility index (Phi) is 5.54. The molecule has 1 rings (SSSR count). The zero-order valence-corrected chi connectivity index (χ0v) is 11.1. The fraction of sp³-hybridized carbons (Fsp3) is 0.467. The Balaban J connectivity index is 2.56. The lowest BCUT2D eigenvalue weighted by Crippen LogP contribution is -2.35. The SMILES string of the molecule is C=C(C)[C@@H](C[C@](C)(O)CO)OCc1ccccc1. The van der Waals surface area contributed by atoms with E-state index in [2.05, 4.69) is 6.58 Å². The summed E-state index contributed by atoms with van der Waals surface area (Å²) >= 11 is 0. The van der Waals surface area contributed by atoms with E-state index in [1.165, 1.54) is 0 Å². The van der Waals surface area contributed by atoms with Crippen molar-refractivity contribution in [1.29, 1.82) is 0 Å². The number of hydrogen-bond donors (Lipinski definition) is 2. The van der Waals surface area contributed by atoms with Crippen LogP contribution in [0, 0.1) is 0 Å². The fourth-order valence-corrected chi connectivity index (χ4v) is 1.61. The van der Waals surface area contributed by atoms with Crippen LogP contribution in [-0.2, 0) is 11.3 Å². The summed E-state index contributed by atoms with van der Waals surface area (Å²) in [5.41, 5.74) is 0.785. The lowest BCUT2D eigenvalue weighted by atomic mass is 9.96. The summed E-state index contributed by atoms with van der Waals surface area (Å²) in [6, 6.07) is 9.84. The molecule has 0 aliphatic rings. The third-order valence-electron chi connectivity index (χ3n) is 2.81. The minimum Gasteiger partial charge on any atom is -0.393 e. The van der Waals surface area contributed by atoms with Crippen LogP contribution >= 0.6 is 0 Å². The molecule has 18 heavy (non-hydrogen) atoms. The first-order valence-electron chi connectivity index (χ1n) is 6.09. The minimum atomic E-state index is -1.14. The van der Waals surface area contributed by atoms with Crippen molar-refractivity contribution in [3.8, 4) is 0 Å². The number of aliphatic hydroxyl groups excluding tert-OH is 1. The number of rotatable bonds is 7. The second kappa shape index (κ2) is 6.69. The average molecular weight is 250 g/mol. The molecular formula is C15H22O3. The van der Waals surface area contributed by atoms with Gasteiger partial charge in [-0.25, -0.2) is 0 Å². The van der Waals surface area contributed by atoms with Crippen LogP contribution in [0.2, 0.25) is 0 Å². The predicted octanol–water partition coefficient (Wildman–Crippen LogP) is 2.28. The largest absolute Gasteiger partial charge is 0.393 e. The zero-order chi connectivity index (χ0) is 13.6. The predicted molar refractivity (Wildman–Crippen MR) is 72.2 cm³/mol. The first kappa shape index (κ1) is 14.9. The molecule has 0 unspecified atom stereocenters. The van der Waals surface area contributed by atoms with Crippen LogP contribution < -0.4 is 0 Å². The summed E-state index contributed by atoms with van der Waals surface area (Å²) < 4.78 is 5.76. The van der Waals surface area contributed by atoms with Crippen LogP contribution in [0.1, 0.15) is 25.8 Å². The topological polar surface area (TPSA) is 49.7 Å².